The zero-order valence-corrected chi connectivity index (χ0v) is 10.7. The number of hydrogen-bond acceptors (Lipinski definition) is 3. The lowest BCUT2D eigenvalue weighted by Gasteiger charge is -2.07. The SMILES string of the molecule is FC(F)(F)c1cnc(Nc2cccc3cccc-3c2)nc1. The first-order valence-corrected chi connectivity index (χ1v) is 6.17. The highest BCUT2D eigenvalue weighted by atomic mass is 19.4. The quantitative estimate of drug-likeness (QED) is 0.762. The summed E-state index contributed by atoms with van der Waals surface area (Å²) < 4.78 is 37.3. The monoisotopic (exact) mass is 289 g/mol. The third-order valence-electron chi connectivity index (χ3n) is 2.98. The number of aromatic nitrogens is 2. The number of anilines is 2. The predicted molar refractivity (Wildman–Crippen MR) is 73.4 cm³/mol. The molecule has 0 amide bonds. The number of fused-ring (bicyclic) bond motifs is 1. The second-order valence-corrected chi connectivity index (χ2v) is 4.48. The van der Waals surface area contributed by atoms with Crippen LogP contribution in [0.2, 0.25) is 0 Å². The van der Waals surface area contributed by atoms with Gasteiger partial charge in [-0.3, -0.25) is 0 Å². The Morgan fingerprint density at radius 2 is 1.48 bits per heavy atom. The summed E-state index contributed by atoms with van der Waals surface area (Å²) in [5, 5.41) is 2.89. The molecule has 106 valence electrons. The van der Waals surface area contributed by atoms with Crippen molar-refractivity contribution >= 4 is 11.6 Å². The Bertz CT molecular complexity index is 723. The summed E-state index contributed by atoms with van der Waals surface area (Å²) in [5.74, 6) is 0.119. The number of nitrogens with zero attached hydrogens (tertiary/aromatic N) is 2. The molecular formula is C15H10F3N3. The minimum Gasteiger partial charge on any atom is -0.324 e. The first-order chi connectivity index (χ1) is 10.0. The largest absolute Gasteiger partial charge is 0.419 e. The summed E-state index contributed by atoms with van der Waals surface area (Å²) in [7, 11) is 0. The average molecular weight is 289 g/mol. The van der Waals surface area contributed by atoms with Gasteiger partial charge in [0, 0.05) is 18.1 Å². The van der Waals surface area contributed by atoms with Gasteiger partial charge in [0.1, 0.15) is 0 Å². The molecule has 0 saturated carbocycles. The molecule has 2 aliphatic rings. The summed E-state index contributed by atoms with van der Waals surface area (Å²) in [4.78, 5) is 7.37. The molecule has 0 aliphatic heterocycles. The van der Waals surface area contributed by atoms with Gasteiger partial charge in [-0.25, -0.2) is 9.97 Å². The van der Waals surface area contributed by atoms with E-state index < -0.39 is 11.7 Å². The van der Waals surface area contributed by atoms with Gasteiger partial charge in [0.15, 0.2) is 0 Å². The standard InChI is InChI=1S/C15H10F3N3/c16-15(17,18)12-8-19-14(20-9-12)21-13-6-2-4-10-3-1-5-11(10)7-13/h1-9H,(H,19,20,21). The van der Waals surface area contributed by atoms with Crippen LogP contribution < -0.4 is 5.32 Å². The van der Waals surface area contributed by atoms with Crippen LogP contribution in [0, 0.1) is 0 Å². The summed E-state index contributed by atoms with van der Waals surface area (Å²) in [5.41, 5.74) is 1.94. The van der Waals surface area contributed by atoms with Crippen molar-refractivity contribution in [3.63, 3.8) is 0 Å². The molecule has 1 aromatic heterocycles. The summed E-state index contributed by atoms with van der Waals surface area (Å²) in [6.45, 7) is 0. The highest BCUT2D eigenvalue weighted by molar-refractivity contribution is 5.71. The van der Waals surface area contributed by atoms with Crippen molar-refractivity contribution in [3.05, 3.63) is 60.4 Å². The van der Waals surface area contributed by atoms with Gasteiger partial charge in [0.2, 0.25) is 5.95 Å². The van der Waals surface area contributed by atoms with Crippen LogP contribution >= 0.6 is 0 Å². The fraction of sp³-hybridized carbons (Fsp3) is 0.0667. The number of halogens is 3. The lowest BCUT2D eigenvalue weighted by atomic mass is 10.2. The molecule has 3 rings (SSSR count). The molecule has 0 saturated heterocycles. The fourth-order valence-corrected chi connectivity index (χ4v) is 1.95. The molecule has 0 fully saturated rings. The van der Waals surface area contributed by atoms with Gasteiger partial charge in [0.05, 0.1) is 5.56 Å². The molecule has 1 heterocycles. The van der Waals surface area contributed by atoms with Crippen molar-refractivity contribution in [2.75, 3.05) is 5.32 Å². The maximum absolute atomic E-state index is 12.4. The molecule has 3 nitrogen and oxygen atoms in total. The van der Waals surface area contributed by atoms with Crippen molar-refractivity contribution in [1.82, 2.24) is 9.97 Å². The molecule has 0 aromatic carbocycles. The van der Waals surface area contributed by atoms with E-state index in [0.717, 1.165) is 23.5 Å². The maximum atomic E-state index is 12.4. The highest BCUT2D eigenvalue weighted by Crippen LogP contribution is 2.29. The molecule has 0 atom stereocenters. The van der Waals surface area contributed by atoms with E-state index in [9.17, 15) is 13.2 Å². The normalized spacial score (nSPS) is 11.6. The van der Waals surface area contributed by atoms with Crippen LogP contribution in [0.4, 0.5) is 24.8 Å². The Hall–Kier alpha value is -2.63. The number of rotatable bonds is 2. The zero-order valence-electron chi connectivity index (χ0n) is 10.7. The fourth-order valence-electron chi connectivity index (χ4n) is 1.95. The molecule has 0 spiro atoms. The van der Waals surface area contributed by atoms with Crippen molar-refractivity contribution < 1.29 is 13.2 Å². The molecule has 0 radical (unpaired) electrons. The van der Waals surface area contributed by atoms with E-state index in [1.807, 2.05) is 36.4 Å². The molecule has 1 aromatic rings. The number of nitrogens with one attached hydrogen (secondary N) is 1. The Morgan fingerprint density at radius 3 is 2.14 bits per heavy atom. The number of alkyl halides is 3. The Labute approximate surface area is 118 Å². The molecule has 21 heavy (non-hydrogen) atoms. The van der Waals surface area contributed by atoms with Gasteiger partial charge < -0.3 is 5.32 Å². The third kappa shape index (κ3) is 2.94. The van der Waals surface area contributed by atoms with Crippen LogP contribution in [0.15, 0.2) is 54.9 Å². The van der Waals surface area contributed by atoms with Crippen LogP contribution in [0.1, 0.15) is 5.56 Å². The highest BCUT2D eigenvalue weighted by Gasteiger charge is 2.31. The Balaban J connectivity index is 1.85. The van der Waals surface area contributed by atoms with Gasteiger partial charge in [-0.1, -0.05) is 30.3 Å². The third-order valence-corrected chi connectivity index (χ3v) is 2.98. The van der Waals surface area contributed by atoms with E-state index in [4.69, 9.17) is 0 Å². The topological polar surface area (TPSA) is 37.8 Å². The zero-order chi connectivity index (χ0) is 14.9. The molecule has 2 aliphatic carbocycles. The van der Waals surface area contributed by atoms with E-state index in [1.165, 1.54) is 0 Å². The Morgan fingerprint density at radius 1 is 0.857 bits per heavy atom. The van der Waals surface area contributed by atoms with Gasteiger partial charge in [-0.2, -0.15) is 13.2 Å². The van der Waals surface area contributed by atoms with Gasteiger partial charge in [0.25, 0.3) is 0 Å². The smallest absolute Gasteiger partial charge is 0.324 e. The van der Waals surface area contributed by atoms with E-state index in [0.29, 0.717) is 5.69 Å². The van der Waals surface area contributed by atoms with Crippen molar-refractivity contribution in [2.45, 2.75) is 6.18 Å². The van der Waals surface area contributed by atoms with Gasteiger partial charge in [-0.05, 0) is 23.3 Å². The van der Waals surface area contributed by atoms with Gasteiger partial charge in [-0.15, -0.1) is 0 Å². The van der Waals surface area contributed by atoms with Crippen molar-refractivity contribution in [1.29, 1.82) is 0 Å². The van der Waals surface area contributed by atoms with E-state index in [-0.39, 0.29) is 5.95 Å². The van der Waals surface area contributed by atoms with Crippen LogP contribution in [0.5, 0.6) is 0 Å². The van der Waals surface area contributed by atoms with E-state index >= 15 is 0 Å². The lowest BCUT2D eigenvalue weighted by Crippen LogP contribution is -2.07. The first-order valence-electron chi connectivity index (χ1n) is 6.17. The average Bonchev–Trinajstić information content (AvgIpc) is 2.77. The first kappa shape index (κ1) is 13.4. The van der Waals surface area contributed by atoms with Crippen LogP contribution in [0.25, 0.3) is 11.1 Å². The second-order valence-electron chi connectivity index (χ2n) is 4.48. The molecule has 6 heteroatoms. The number of hydrogen-bond donors (Lipinski definition) is 1. The summed E-state index contributed by atoms with van der Waals surface area (Å²) >= 11 is 0. The summed E-state index contributed by atoms with van der Waals surface area (Å²) in [6, 6.07) is 13.4. The summed E-state index contributed by atoms with van der Waals surface area (Å²) in [6.07, 6.45) is -2.91. The Kier molecular flexibility index (Phi) is 3.21. The van der Waals surface area contributed by atoms with E-state index in [1.54, 1.807) is 6.07 Å². The second kappa shape index (κ2) is 5.05. The van der Waals surface area contributed by atoms with Crippen LogP contribution in [-0.2, 0) is 6.18 Å². The van der Waals surface area contributed by atoms with Crippen molar-refractivity contribution in [2.24, 2.45) is 0 Å². The molecule has 1 N–H and O–H groups in total. The minimum atomic E-state index is -4.43. The molecular weight excluding hydrogens is 279 g/mol. The molecule has 0 bridgehead atoms. The molecule has 0 unspecified atom stereocenters. The van der Waals surface area contributed by atoms with Crippen LogP contribution in [-0.4, -0.2) is 9.97 Å². The van der Waals surface area contributed by atoms with E-state index in [2.05, 4.69) is 15.3 Å². The van der Waals surface area contributed by atoms with Crippen LogP contribution in [0.3, 0.4) is 0 Å². The van der Waals surface area contributed by atoms with Crippen molar-refractivity contribution in [3.8, 4) is 11.1 Å². The minimum absolute atomic E-state index is 0.119. The predicted octanol–water partition coefficient (Wildman–Crippen LogP) is 4.34. The van der Waals surface area contributed by atoms with Gasteiger partial charge >= 0.3 is 6.18 Å². The lowest BCUT2D eigenvalue weighted by molar-refractivity contribution is -0.138. The maximum Gasteiger partial charge on any atom is 0.419 e.